The van der Waals surface area contributed by atoms with Crippen molar-refractivity contribution in [1.82, 2.24) is 15.0 Å². The summed E-state index contributed by atoms with van der Waals surface area (Å²) in [5, 5.41) is 0. The minimum atomic E-state index is 0.128. The molecule has 0 fully saturated rings. The maximum atomic E-state index is 5.63. The average Bonchev–Trinajstić information content (AvgIpc) is 2.47. The fourth-order valence-electron chi connectivity index (χ4n) is 1.33. The summed E-state index contributed by atoms with van der Waals surface area (Å²) < 4.78 is 11.9. The number of benzene rings is 1. The topological polar surface area (TPSA) is 95.2 Å². The van der Waals surface area contributed by atoms with Crippen LogP contribution in [-0.2, 0) is 0 Å². The molecule has 0 saturated carbocycles. The number of para-hydroxylation sites is 1. The highest BCUT2D eigenvalue weighted by Crippen LogP contribution is 2.25. The summed E-state index contributed by atoms with van der Waals surface area (Å²) in [4.78, 5) is 12.1. The van der Waals surface area contributed by atoms with E-state index in [0.717, 1.165) is 9.99 Å². The van der Waals surface area contributed by atoms with E-state index in [0.29, 0.717) is 12.4 Å². The summed E-state index contributed by atoms with van der Waals surface area (Å²) in [6.07, 6.45) is 0.851. The monoisotopic (exact) mass is 387 g/mol. The first-order chi connectivity index (χ1) is 9.72. The first kappa shape index (κ1) is 14.7. The van der Waals surface area contributed by atoms with E-state index >= 15 is 0 Å². The number of anilines is 1. The molecule has 0 atom stereocenters. The number of hydrogen-bond acceptors (Lipinski definition) is 7. The summed E-state index contributed by atoms with van der Waals surface area (Å²) in [6.45, 7) is 2.50. The third-order valence-electron chi connectivity index (χ3n) is 2.20. The van der Waals surface area contributed by atoms with Crippen LogP contribution in [-0.4, -0.2) is 21.6 Å². The van der Waals surface area contributed by atoms with Crippen LogP contribution in [0.25, 0.3) is 0 Å². The Balaban J connectivity index is 2.24. The largest absolute Gasteiger partial charge is 0.463 e. The number of halogens is 1. The second kappa shape index (κ2) is 7.20. The van der Waals surface area contributed by atoms with Gasteiger partial charge in [0.15, 0.2) is 0 Å². The number of nitrogen functional groups attached to an aromatic ring is 1. The summed E-state index contributed by atoms with van der Waals surface area (Å²) >= 11 is 2.17. The highest BCUT2D eigenvalue weighted by molar-refractivity contribution is 14.1. The molecule has 1 aromatic carbocycles. The van der Waals surface area contributed by atoms with E-state index < -0.39 is 0 Å². The quantitative estimate of drug-likeness (QED) is 0.446. The minimum Gasteiger partial charge on any atom is -0.463 e. The third-order valence-corrected chi connectivity index (χ3v) is 3.09. The lowest BCUT2D eigenvalue weighted by atomic mass is 10.3. The number of nitrogens with one attached hydrogen (secondary N) is 1. The molecule has 0 spiro atoms. The van der Waals surface area contributed by atoms with Crippen molar-refractivity contribution in [1.29, 1.82) is 0 Å². The molecular weight excluding hydrogens is 373 g/mol. The predicted molar refractivity (Wildman–Crippen MR) is 82.7 cm³/mol. The van der Waals surface area contributed by atoms with Gasteiger partial charge in [0.2, 0.25) is 5.95 Å². The number of ether oxygens (including phenoxy) is 2. The van der Waals surface area contributed by atoms with Gasteiger partial charge >= 0.3 is 12.0 Å². The maximum absolute atomic E-state index is 5.63. The summed E-state index contributed by atoms with van der Waals surface area (Å²) in [6, 6.07) is 7.85. The van der Waals surface area contributed by atoms with Crippen molar-refractivity contribution >= 4 is 28.5 Å². The molecule has 1 heterocycles. The maximum Gasteiger partial charge on any atom is 0.330 e. The molecule has 0 unspecified atom stereocenters. The number of aromatic nitrogens is 3. The van der Waals surface area contributed by atoms with Crippen LogP contribution in [0.5, 0.6) is 17.8 Å². The van der Waals surface area contributed by atoms with Crippen LogP contribution in [0.2, 0.25) is 0 Å². The van der Waals surface area contributed by atoms with Crippen molar-refractivity contribution in [3.8, 4) is 17.8 Å². The van der Waals surface area contributed by atoms with Crippen molar-refractivity contribution < 1.29 is 9.47 Å². The SMILES string of the molecule is CCCOc1nc(NN)nc(Oc2ccccc2I)n1. The Morgan fingerprint density at radius 1 is 1.20 bits per heavy atom. The molecule has 0 saturated heterocycles. The van der Waals surface area contributed by atoms with Crippen LogP contribution in [0.4, 0.5) is 5.95 Å². The summed E-state index contributed by atoms with van der Waals surface area (Å²) in [5.74, 6) is 6.17. The number of nitrogens with zero attached hydrogens (tertiary/aromatic N) is 3. The summed E-state index contributed by atoms with van der Waals surface area (Å²) in [7, 11) is 0. The Labute approximate surface area is 130 Å². The van der Waals surface area contributed by atoms with Crippen molar-refractivity contribution in [2.45, 2.75) is 13.3 Å². The Morgan fingerprint density at radius 3 is 2.65 bits per heavy atom. The van der Waals surface area contributed by atoms with Gasteiger partial charge in [0.25, 0.3) is 0 Å². The van der Waals surface area contributed by atoms with Gasteiger partial charge in [0, 0.05) is 0 Å². The van der Waals surface area contributed by atoms with Crippen molar-refractivity contribution in [2.75, 3.05) is 12.0 Å². The summed E-state index contributed by atoms with van der Waals surface area (Å²) in [5.41, 5.74) is 2.36. The Hall–Kier alpha value is -1.68. The van der Waals surface area contributed by atoms with Crippen LogP contribution in [0.15, 0.2) is 24.3 Å². The molecule has 106 valence electrons. The van der Waals surface area contributed by atoms with Gasteiger partial charge in [-0.15, -0.1) is 4.98 Å². The van der Waals surface area contributed by atoms with Crippen LogP contribution >= 0.6 is 22.6 Å². The van der Waals surface area contributed by atoms with Gasteiger partial charge in [-0.1, -0.05) is 19.1 Å². The third kappa shape index (κ3) is 3.90. The molecule has 20 heavy (non-hydrogen) atoms. The standard InChI is InChI=1S/C12H14IN5O2/c1-2-7-19-11-15-10(18-14)16-12(17-11)20-9-6-4-3-5-8(9)13/h3-6H,2,7,14H2,1H3,(H,15,16,17,18). The van der Waals surface area contributed by atoms with Gasteiger partial charge in [-0.05, 0) is 41.1 Å². The van der Waals surface area contributed by atoms with Crippen LogP contribution in [0, 0.1) is 3.57 Å². The number of hydrazine groups is 1. The molecule has 1 aromatic heterocycles. The smallest absolute Gasteiger partial charge is 0.330 e. The second-order valence-electron chi connectivity index (χ2n) is 3.75. The zero-order valence-electron chi connectivity index (χ0n) is 10.8. The number of hydrogen-bond donors (Lipinski definition) is 2. The number of rotatable bonds is 6. The van der Waals surface area contributed by atoms with E-state index in [2.05, 4.69) is 43.0 Å². The van der Waals surface area contributed by atoms with E-state index in [4.69, 9.17) is 15.3 Å². The zero-order valence-corrected chi connectivity index (χ0v) is 13.0. The predicted octanol–water partition coefficient (Wildman–Crippen LogP) is 2.34. The van der Waals surface area contributed by atoms with E-state index in [-0.39, 0.29) is 18.0 Å². The van der Waals surface area contributed by atoms with Crippen LogP contribution in [0.3, 0.4) is 0 Å². The molecule has 2 aromatic rings. The van der Waals surface area contributed by atoms with Gasteiger partial charge in [-0.3, -0.25) is 5.43 Å². The molecular formula is C12H14IN5O2. The molecule has 0 bridgehead atoms. The Morgan fingerprint density at radius 2 is 1.95 bits per heavy atom. The molecule has 8 heteroatoms. The molecule has 0 aliphatic rings. The lowest BCUT2D eigenvalue weighted by Crippen LogP contribution is -2.13. The average molecular weight is 387 g/mol. The molecule has 0 aliphatic carbocycles. The van der Waals surface area contributed by atoms with Crippen molar-refractivity contribution in [3.05, 3.63) is 27.8 Å². The lowest BCUT2D eigenvalue weighted by molar-refractivity contribution is 0.285. The van der Waals surface area contributed by atoms with E-state index in [1.54, 1.807) is 0 Å². The zero-order chi connectivity index (χ0) is 14.4. The molecule has 7 nitrogen and oxygen atoms in total. The fourth-order valence-corrected chi connectivity index (χ4v) is 1.83. The Bertz CT molecular complexity index is 582. The molecule has 0 amide bonds. The first-order valence-electron chi connectivity index (χ1n) is 6.00. The van der Waals surface area contributed by atoms with Gasteiger partial charge in [-0.2, -0.15) is 9.97 Å². The fraction of sp³-hybridized carbons (Fsp3) is 0.250. The molecule has 3 N–H and O–H groups in total. The van der Waals surface area contributed by atoms with Crippen LogP contribution in [0.1, 0.15) is 13.3 Å². The molecule has 2 rings (SSSR count). The number of nitrogens with two attached hydrogens (primary N) is 1. The van der Waals surface area contributed by atoms with Gasteiger partial charge < -0.3 is 9.47 Å². The van der Waals surface area contributed by atoms with E-state index in [1.807, 2.05) is 31.2 Å². The van der Waals surface area contributed by atoms with E-state index in [9.17, 15) is 0 Å². The normalized spacial score (nSPS) is 10.2. The van der Waals surface area contributed by atoms with E-state index in [1.165, 1.54) is 0 Å². The minimum absolute atomic E-state index is 0.128. The van der Waals surface area contributed by atoms with Gasteiger partial charge in [0.05, 0.1) is 10.2 Å². The van der Waals surface area contributed by atoms with Gasteiger partial charge in [0.1, 0.15) is 5.75 Å². The Kier molecular flexibility index (Phi) is 5.30. The van der Waals surface area contributed by atoms with Crippen molar-refractivity contribution in [3.63, 3.8) is 0 Å². The van der Waals surface area contributed by atoms with Crippen molar-refractivity contribution in [2.24, 2.45) is 5.84 Å². The molecule has 0 radical (unpaired) electrons. The second-order valence-corrected chi connectivity index (χ2v) is 4.91. The van der Waals surface area contributed by atoms with Gasteiger partial charge in [-0.25, -0.2) is 5.84 Å². The lowest BCUT2D eigenvalue weighted by Gasteiger charge is -2.09. The molecule has 0 aliphatic heterocycles. The highest BCUT2D eigenvalue weighted by atomic mass is 127. The van der Waals surface area contributed by atoms with Crippen LogP contribution < -0.4 is 20.7 Å². The first-order valence-corrected chi connectivity index (χ1v) is 7.08. The highest BCUT2D eigenvalue weighted by Gasteiger charge is 2.10.